The van der Waals surface area contributed by atoms with E-state index in [1.165, 1.54) is 0 Å². The molecule has 1 aliphatic heterocycles. The number of ether oxygens (including phenoxy) is 1. The quantitative estimate of drug-likeness (QED) is 0.725. The summed E-state index contributed by atoms with van der Waals surface area (Å²) in [7, 11) is 0. The van der Waals surface area contributed by atoms with Crippen molar-refractivity contribution < 1.29 is 14.3 Å². The van der Waals surface area contributed by atoms with Gasteiger partial charge in [-0.2, -0.15) is 0 Å². The topological polar surface area (TPSA) is 46.6 Å². The summed E-state index contributed by atoms with van der Waals surface area (Å²) >= 11 is 0. The molecule has 0 N–H and O–H groups in total. The number of imide groups is 1. The molecule has 4 nitrogen and oxygen atoms in total. The van der Waals surface area contributed by atoms with Crippen molar-refractivity contribution in [1.29, 1.82) is 0 Å². The van der Waals surface area contributed by atoms with Crippen LogP contribution in [-0.4, -0.2) is 30.1 Å². The molecule has 0 spiro atoms. The van der Waals surface area contributed by atoms with Crippen LogP contribution in [0.1, 0.15) is 12.0 Å². The molecule has 2 amide bonds. The second kappa shape index (κ2) is 4.79. The Morgan fingerprint density at radius 3 is 2.62 bits per heavy atom. The van der Waals surface area contributed by atoms with Crippen LogP contribution in [0.4, 0.5) is 4.79 Å². The van der Waals surface area contributed by atoms with Crippen LogP contribution in [0.5, 0.6) is 0 Å². The number of benzene rings is 1. The molecule has 4 heteroatoms. The second-order valence-electron chi connectivity index (χ2n) is 3.65. The maximum absolute atomic E-state index is 11.3. The van der Waals surface area contributed by atoms with Gasteiger partial charge in [0, 0.05) is 19.4 Å². The SMILES string of the molecule is O=C1CCN1C(=O)OCCc1ccccc1. The zero-order valence-electron chi connectivity index (χ0n) is 8.89. The van der Waals surface area contributed by atoms with Gasteiger partial charge in [-0.1, -0.05) is 30.3 Å². The van der Waals surface area contributed by atoms with Crippen LogP contribution in [0.3, 0.4) is 0 Å². The van der Waals surface area contributed by atoms with E-state index in [9.17, 15) is 9.59 Å². The van der Waals surface area contributed by atoms with Crippen LogP contribution < -0.4 is 0 Å². The molecule has 0 unspecified atom stereocenters. The summed E-state index contributed by atoms with van der Waals surface area (Å²) in [5.74, 6) is -0.148. The average molecular weight is 219 g/mol. The van der Waals surface area contributed by atoms with E-state index in [0.29, 0.717) is 26.0 Å². The Morgan fingerprint density at radius 2 is 2.06 bits per heavy atom. The molecule has 1 fully saturated rings. The zero-order chi connectivity index (χ0) is 11.4. The van der Waals surface area contributed by atoms with Crippen molar-refractivity contribution in [2.45, 2.75) is 12.8 Å². The lowest BCUT2D eigenvalue weighted by molar-refractivity contribution is -0.137. The van der Waals surface area contributed by atoms with Crippen LogP contribution in [0, 0.1) is 0 Å². The Labute approximate surface area is 93.8 Å². The molecule has 1 saturated heterocycles. The van der Waals surface area contributed by atoms with Crippen molar-refractivity contribution in [3.63, 3.8) is 0 Å². The smallest absolute Gasteiger partial charge is 0.416 e. The van der Waals surface area contributed by atoms with Gasteiger partial charge < -0.3 is 4.74 Å². The Kier molecular flexibility index (Phi) is 3.19. The zero-order valence-corrected chi connectivity index (χ0v) is 8.89. The van der Waals surface area contributed by atoms with Crippen molar-refractivity contribution in [1.82, 2.24) is 4.90 Å². The highest BCUT2D eigenvalue weighted by molar-refractivity contribution is 5.96. The van der Waals surface area contributed by atoms with Gasteiger partial charge in [0.1, 0.15) is 0 Å². The van der Waals surface area contributed by atoms with E-state index >= 15 is 0 Å². The van der Waals surface area contributed by atoms with Crippen LogP contribution in [0.25, 0.3) is 0 Å². The van der Waals surface area contributed by atoms with Crippen LogP contribution in [0.15, 0.2) is 30.3 Å². The third kappa shape index (κ3) is 2.39. The van der Waals surface area contributed by atoms with Crippen molar-refractivity contribution in [3.8, 4) is 0 Å². The van der Waals surface area contributed by atoms with Gasteiger partial charge in [-0.15, -0.1) is 0 Å². The molecule has 2 rings (SSSR count). The molecule has 16 heavy (non-hydrogen) atoms. The van der Waals surface area contributed by atoms with Gasteiger partial charge in [0.15, 0.2) is 0 Å². The van der Waals surface area contributed by atoms with E-state index in [2.05, 4.69) is 0 Å². The largest absolute Gasteiger partial charge is 0.449 e. The summed E-state index contributed by atoms with van der Waals surface area (Å²) in [5, 5.41) is 0. The van der Waals surface area contributed by atoms with E-state index in [-0.39, 0.29) is 5.91 Å². The number of amides is 2. The summed E-state index contributed by atoms with van der Waals surface area (Å²) < 4.78 is 4.99. The summed E-state index contributed by atoms with van der Waals surface area (Å²) in [6, 6.07) is 9.77. The maximum Gasteiger partial charge on any atom is 0.416 e. The molecular formula is C12H13NO3. The summed E-state index contributed by atoms with van der Waals surface area (Å²) in [6.45, 7) is 0.801. The highest BCUT2D eigenvalue weighted by atomic mass is 16.6. The first-order valence-corrected chi connectivity index (χ1v) is 5.28. The first-order chi connectivity index (χ1) is 7.77. The third-order valence-electron chi connectivity index (χ3n) is 2.53. The summed E-state index contributed by atoms with van der Waals surface area (Å²) in [5.41, 5.74) is 1.12. The highest BCUT2D eigenvalue weighted by Crippen LogP contribution is 2.10. The minimum Gasteiger partial charge on any atom is -0.449 e. The number of likely N-dealkylation sites (tertiary alicyclic amines) is 1. The minimum atomic E-state index is -0.521. The van der Waals surface area contributed by atoms with Crippen molar-refractivity contribution >= 4 is 12.0 Å². The van der Waals surface area contributed by atoms with Crippen molar-refractivity contribution in [2.75, 3.05) is 13.2 Å². The van der Waals surface area contributed by atoms with Crippen LogP contribution >= 0.6 is 0 Å². The molecule has 1 aromatic rings. The number of hydrogen-bond donors (Lipinski definition) is 0. The van der Waals surface area contributed by atoms with Gasteiger partial charge in [0.25, 0.3) is 0 Å². The molecule has 1 aliphatic rings. The van der Waals surface area contributed by atoms with Crippen molar-refractivity contribution in [3.05, 3.63) is 35.9 Å². The Bertz CT molecular complexity index is 389. The molecule has 0 saturated carbocycles. The maximum atomic E-state index is 11.3. The van der Waals surface area contributed by atoms with Crippen molar-refractivity contribution in [2.24, 2.45) is 0 Å². The number of nitrogens with zero attached hydrogens (tertiary/aromatic N) is 1. The lowest BCUT2D eigenvalue weighted by Crippen LogP contribution is -2.47. The molecule has 0 atom stereocenters. The Balaban J connectivity index is 1.72. The first-order valence-electron chi connectivity index (χ1n) is 5.28. The van der Waals surface area contributed by atoms with E-state index in [0.717, 1.165) is 10.5 Å². The number of β-lactam (4-membered cyclic amide) rings is 1. The van der Waals surface area contributed by atoms with Gasteiger partial charge in [-0.05, 0) is 5.56 Å². The van der Waals surface area contributed by atoms with E-state index in [1.54, 1.807) is 0 Å². The Hall–Kier alpha value is -1.84. The van der Waals surface area contributed by atoms with Gasteiger partial charge in [0.2, 0.25) is 5.91 Å². The molecular weight excluding hydrogens is 206 g/mol. The molecule has 0 bridgehead atoms. The molecule has 0 aromatic heterocycles. The lowest BCUT2D eigenvalue weighted by atomic mass is 10.2. The first kappa shape index (κ1) is 10.7. The number of carbonyl (C=O) groups is 2. The predicted molar refractivity (Wildman–Crippen MR) is 57.8 cm³/mol. The molecule has 0 radical (unpaired) electrons. The highest BCUT2D eigenvalue weighted by Gasteiger charge is 2.30. The number of carbonyl (C=O) groups excluding carboxylic acids is 2. The van der Waals surface area contributed by atoms with E-state index < -0.39 is 6.09 Å². The third-order valence-corrected chi connectivity index (χ3v) is 2.53. The fraction of sp³-hybridized carbons (Fsp3) is 0.333. The van der Waals surface area contributed by atoms with Gasteiger partial charge in [-0.25, -0.2) is 9.69 Å². The summed E-state index contributed by atoms with van der Waals surface area (Å²) in [6.07, 6.45) is 0.606. The fourth-order valence-corrected chi connectivity index (χ4v) is 1.49. The fourth-order valence-electron chi connectivity index (χ4n) is 1.49. The number of rotatable bonds is 3. The summed E-state index contributed by atoms with van der Waals surface area (Å²) in [4.78, 5) is 23.4. The Morgan fingerprint density at radius 1 is 1.31 bits per heavy atom. The van der Waals surface area contributed by atoms with Crippen LogP contribution in [-0.2, 0) is 16.0 Å². The molecule has 0 aliphatic carbocycles. The lowest BCUT2D eigenvalue weighted by Gasteiger charge is -2.27. The predicted octanol–water partition coefficient (Wildman–Crippen LogP) is 1.60. The van der Waals surface area contributed by atoms with Gasteiger partial charge in [-0.3, -0.25) is 4.79 Å². The number of hydrogen-bond acceptors (Lipinski definition) is 3. The molecule has 1 heterocycles. The molecule has 84 valence electrons. The normalized spacial score (nSPS) is 14.5. The standard InChI is InChI=1S/C12H13NO3/c14-11-6-8-13(11)12(15)16-9-7-10-4-2-1-3-5-10/h1-5H,6-9H2. The average Bonchev–Trinajstić information content (AvgIpc) is 2.28. The monoisotopic (exact) mass is 219 g/mol. The van der Waals surface area contributed by atoms with Crippen LogP contribution in [0.2, 0.25) is 0 Å². The van der Waals surface area contributed by atoms with Gasteiger partial charge in [0.05, 0.1) is 6.61 Å². The second-order valence-corrected chi connectivity index (χ2v) is 3.65. The van der Waals surface area contributed by atoms with Gasteiger partial charge >= 0.3 is 6.09 Å². The molecule has 1 aromatic carbocycles. The van der Waals surface area contributed by atoms with E-state index in [4.69, 9.17) is 4.74 Å². The minimum absolute atomic E-state index is 0.148. The van der Waals surface area contributed by atoms with E-state index in [1.807, 2.05) is 30.3 Å².